The van der Waals surface area contributed by atoms with Crippen LogP contribution in [-0.2, 0) is 4.79 Å². The van der Waals surface area contributed by atoms with Gasteiger partial charge in [0.1, 0.15) is 0 Å². The van der Waals surface area contributed by atoms with Gasteiger partial charge in [-0.15, -0.1) is 0 Å². The van der Waals surface area contributed by atoms with Gasteiger partial charge in [-0.1, -0.05) is 26.0 Å². The molecule has 4 nitrogen and oxygen atoms in total. The molecule has 0 saturated carbocycles. The second-order valence-corrected chi connectivity index (χ2v) is 5.64. The van der Waals surface area contributed by atoms with Gasteiger partial charge >= 0.3 is 5.97 Å². The summed E-state index contributed by atoms with van der Waals surface area (Å²) in [7, 11) is 0. The van der Waals surface area contributed by atoms with E-state index in [4.69, 9.17) is 5.11 Å². The maximum atomic E-state index is 12.1. The first kappa shape index (κ1) is 17.0. The van der Waals surface area contributed by atoms with Gasteiger partial charge in [-0.3, -0.25) is 4.79 Å². The van der Waals surface area contributed by atoms with Gasteiger partial charge in [0.2, 0.25) is 0 Å². The van der Waals surface area contributed by atoms with E-state index >= 15 is 0 Å². The topological polar surface area (TPSA) is 66.4 Å². The van der Waals surface area contributed by atoms with E-state index in [0.717, 1.165) is 18.9 Å². The molecule has 0 aliphatic heterocycles. The summed E-state index contributed by atoms with van der Waals surface area (Å²) in [5.74, 6) is -0.516. The Bertz CT molecular complexity index is 521. The van der Waals surface area contributed by atoms with Crippen molar-refractivity contribution in [2.24, 2.45) is 5.92 Å². The third-order valence-corrected chi connectivity index (χ3v) is 3.12. The normalized spacial score (nSPS) is 12.6. The average molecular weight is 289 g/mol. The van der Waals surface area contributed by atoms with Crippen molar-refractivity contribution in [3.05, 3.63) is 41.5 Å². The molecule has 0 bridgehead atoms. The molecule has 1 rings (SSSR count). The smallest absolute Gasteiger partial charge is 0.328 e. The van der Waals surface area contributed by atoms with Gasteiger partial charge in [0.25, 0.3) is 5.91 Å². The van der Waals surface area contributed by atoms with Crippen molar-refractivity contribution < 1.29 is 14.7 Å². The first-order chi connectivity index (χ1) is 9.88. The Hall–Kier alpha value is -2.10. The minimum atomic E-state index is -1.01. The number of carboxylic acids is 1. The van der Waals surface area contributed by atoms with Crippen LogP contribution < -0.4 is 5.32 Å². The Labute approximate surface area is 125 Å². The van der Waals surface area contributed by atoms with Gasteiger partial charge in [0.15, 0.2) is 0 Å². The lowest BCUT2D eigenvalue weighted by Crippen LogP contribution is -2.32. The van der Waals surface area contributed by atoms with E-state index in [-0.39, 0.29) is 11.9 Å². The SMILES string of the molecule is CC(C)CCC(C)NC(=O)c1cccc(C=CC(=O)O)c1. The summed E-state index contributed by atoms with van der Waals surface area (Å²) in [5.41, 5.74) is 1.24. The molecule has 0 heterocycles. The molecular weight excluding hydrogens is 266 g/mol. The van der Waals surface area contributed by atoms with E-state index < -0.39 is 5.97 Å². The van der Waals surface area contributed by atoms with Crippen molar-refractivity contribution in [3.63, 3.8) is 0 Å². The summed E-state index contributed by atoms with van der Waals surface area (Å²) in [6.07, 6.45) is 4.55. The van der Waals surface area contributed by atoms with Crippen LogP contribution in [-0.4, -0.2) is 23.0 Å². The van der Waals surface area contributed by atoms with E-state index in [1.54, 1.807) is 24.3 Å². The summed E-state index contributed by atoms with van der Waals surface area (Å²) in [5, 5.41) is 11.6. The van der Waals surface area contributed by atoms with Gasteiger partial charge < -0.3 is 10.4 Å². The quantitative estimate of drug-likeness (QED) is 0.757. The van der Waals surface area contributed by atoms with Crippen molar-refractivity contribution in [2.45, 2.75) is 39.7 Å². The standard InChI is InChI=1S/C17H23NO3/c1-12(2)7-8-13(3)18-17(21)15-6-4-5-14(11-15)9-10-16(19)20/h4-6,9-13H,7-8H2,1-3H3,(H,18,21)(H,19,20). The predicted octanol–water partition coefficient (Wildman–Crippen LogP) is 3.34. The van der Waals surface area contributed by atoms with E-state index in [1.165, 1.54) is 6.08 Å². The van der Waals surface area contributed by atoms with Gasteiger partial charge in [0.05, 0.1) is 0 Å². The maximum Gasteiger partial charge on any atom is 0.328 e. The fraction of sp³-hybridized carbons (Fsp3) is 0.412. The molecule has 0 aromatic heterocycles. The molecule has 0 aliphatic carbocycles. The van der Waals surface area contributed by atoms with Crippen LogP contribution in [0.25, 0.3) is 6.08 Å². The first-order valence-electron chi connectivity index (χ1n) is 7.20. The lowest BCUT2D eigenvalue weighted by atomic mass is 10.0. The number of carboxylic acid groups (broad SMARTS) is 1. The Morgan fingerprint density at radius 3 is 2.57 bits per heavy atom. The predicted molar refractivity (Wildman–Crippen MR) is 84.1 cm³/mol. The number of carbonyl (C=O) groups excluding carboxylic acids is 1. The van der Waals surface area contributed by atoms with Crippen LogP contribution >= 0.6 is 0 Å². The van der Waals surface area contributed by atoms with E-state index in [0.29, 0.717) is 17.0 Å². The summed E-state index contributed by atoms with van der Waals surface area (Å²) >= 11 is 0. The number of nitrogens with one attached hydrogen (secondary N) is 1. The fourth-order valence-electron chi connectivity index (χ4n) is 1.91. The molecule has 1 amide bonds. The Morgan fingerprint density at radius 2 is 1.95 bits per heavy atom. The molecular formula is C17H23NO3. The Kier molecular flexibility index (Phi) is 6.66. The van der Waals surface area contributed by atoms with Gasteiger partial charge in [-0.2, -0.15) is 0 Å². The molecule has 0 aliphatic rings. The number of carbonyl (C=O) groups is 2. The van der Waals surface area contributed by atoms with Crippen molar-refractivity contribution in [1.29, 1.82) is 0 Å². The molecule has 4 heteroatoms. The number of hydrogen-bond donors (Lipinski definition) is 2. The van der Waals surface area contributed by atoms with Crippen molar-refractivity contribution in [2.75, 3.05) is 0 Å². The van der Waals surface area contributed by atoms with Gasteiger partial charge in [0, 0.05) is 17.7 Å². The zero-order valence-corrected chi connectivity index (χ0v) is 12.8. The number of aliphatic carboxylic acids is 1. The summed E-state index contributed by atoms with van der Waals surface area (Å²) in [4.78, 5) is 22.6. The highest BCUT2D eigenvalue weighted by Gasteiger charge is 2.10. The maximum absolute atomic E-state index is 12.1. The molecule has 114 valence electrons. The monoisotopic (exact) mass is 289 g/mol. The largest absolute Gasteiger partial charge is 0.478 e. The highest BCUT2D eigenvalue weighted by molar-refractivity contribution is 5.95. The molecule has 0 spiro atoms. The lowest BCUT2D eigenvalue weighted by Gasteiger charge is -2.15. The Balaban J connectivity index is 2.65. The fourth-order valence-corrected chi connectivity index (χ4v) is 1.91. The van der Waals surface area contributed by atoms with Crippen LogP contribution in [0, 0.1) is 5.92 Å². The second-order valence-electron chi connectivity index (χ2n) is 5.64. The van der Waals surface area contributed by atoms with Crippen LogP contribution in [0.5, 0.6) is 0 Å². The van der Waals surface area contributed by atoms with Crippen molar-refractivity contribution in [3.8, 4) is 0 Å². The number of hydrogen-bond acceptors (Lipinski definition) is 2. The van der Waals surface area contributed by atoms with Gasteiger partial charge in [-0.25, -0.2) is 4.79 Å². The summed E-state index contributed by atoms with van der Waals surface area (Å²) in [6.45, 7) is 6.31. The minimum Gasteiger partial charge on any atom is -0.478 e. The minimum absolute atomic E-state index is 0.123. The molecule has 0 radical (unpaired) electrons. The highest BCUT2D eigenvalue weighted by atomic mass is 16.4. The molecule has 1 aromatic carbocycles. The number of rotatable bonds is 7. The van der Waals surface area contributed by atoms with Crippen molar-refractivity contribution >= 4 is 18.0 Å². The van der Waals surface area contributed by atoms with E-state index in [1.807, 2.05) is 6.92 Å². The lowest BCUT2D eigenvalue weighted by molar-refractivity contribution is -0.131. The summed E-state index contributed by atoms with van der Waals surface area (Å²) < 4.78 is 0. The third kappa shape index (κ3) is 6.75. The molecule has 1 unspecified atom stereocenters. The zero-order chi connectivity index (χ0) is 15.8. The molecule has 2 N–H and O–H groups in total. The Morgan fingerprint density at radius 1 is 1.24 bits per heavy atom. The second kappa shape index (κ2) is 8.25. The van der Waals surface area contributed by atoms with Crippen LogP contribution in [0.3, 0.4) is 0 Å². The van der Waals surface area contributed by atoms with Crippen LogP contribution in [0.2, 0.25) is 0 Å². The number of benzene rings is 1. The van der Waals surface area contributed by atoms with E-state index in [9.17, 15) is 9.59 Å². The molecule has 1 aromatic rings. The van der Waals surface area contributed by atoms with E-state index in [2.05, 4.69) is 19.2 Å². The molecule has 21 heavy (non-hydrogen) atoms. The molecule has 0 fully saturated rings. The summed E-state index contributed by atoms with van der Waals surface area (Å²) in [6, 6.07) is 7.04. The van der Waals surface area contributed by atoms with Crippen LogP contribution in [0.4, 0.5) is 0 Å². The van der Waals surface area contributed by atoms with Crippen molar-refractivity contribution in [1.82, 2.24) is 5.32 Å². The zero-order valence-electron chi connectivity index (χ0n) is 12.8. The van der Waals surface area contributed by atoms with Gasteiger partial charge in [-0.05, 0) is 49.5 Å². The average Bonchev–Trinajstić information content (AvgIpc) is 2.43. The van der Waals surface area contributed by atoms with Crippen LogP contribution in [0.1, 0.15) is 49.5 Å². The number of amides is 1. The van der Waals surface area contributed by atoms with Crippen LogP contribution in [0.15, 0.2) is 30.3 Å². The third-order valence-electron chi connectivity index (χ3n) is 3.12. The molecule has 0 saturated heterocycles. The molecule has 1 atom stereocenters. The first-order valence-corrected chi connectivity index (χ1v) is 7.20. The highest BCUT2D eigenvalue weighted by Crippen LogP contribution is 2.10.